The van der Waals surface area contributed by atoms with Crippen molar-refractivity contribution >= 4 is 17.2 Å². The second kappa shape index (κ2) is 6.30. The number of benzene rings is 1. The number of rotatable bonds is 2. The third-order valence-electron chi connectivity index (χ3n) is 7.00. The van der Waals surface area contributed by atoms with Crippen LogP contribution in [0.3, 0.4) is 0 Å². The number of Topliss-reactive ketones (excluding diaryl/α,β-unsaturated/α-hetero) is 1. The molecule has 3 heteroatoms. The molecule has 0 aromatic heterocycles. The van der Waals surface area contributed by atoms with E-state index in [2.05, 4.69) is 83.3 Å². The van der Waals surface area contributed by atoms with E-state index >= 15 is 0 Å². The summed E-state index contributed by atoms with van der Waals surface area (Å²) in [6, 6.07) is 8.90. The highest BCUT2D eigenvalue weighted by Crippen LogP contribution is 2.59. The van der Waals surface area contributed by atoms with Crippen molar-refractivity contribution in [1.29, 1.82) is 0 Å². The fraction of sp³-hybridized carbons (Fsp3) is 0.600. The summed E-state index contributed by atoms with van der Waals surface area (Å²) < 4.78 is 0. The molecule has 4 unspecified atom stereocenters. The van der Waals surface area contributed by atoms with E-state index in [0.29, 0.717) is 23.5 Å². The third kappa shape index (κ3) is 3.03. The molecule has 1 heterocycles. The van der Waals surface area contributed by atoms with Crippen LogP contribution < -0.4 is 5.43 Å². The SMILES string of the molecule is CC1=NNC(c2ccc(C(C)(C)C)cc2)=C2C3CC(CC3C(=O)C(C)(C)C)C12. The van der Waals surface area contributed by atoms with Gasteiger partial charge < -0.3 is 0 Å². The van der Waals surface area contributed by atoms with Gasteiger partial charge in [-0.25, -0.2) is 0 Å². The lowest BCUT2D eigenvalue weighted by Gasteiger charge is -2.36. The van der Waals surface area contributed by atoms with E-state index in [0.717, 1.165) is 18.5 Å². The van der Waals surface area contributed by atoms with Crippen molar-refractivity contribution in [2.75, 3.05) is 0 Å². The van der Waals surface area contributed by atoms with Crippen LogP contribution in [-0.4, -0.2) is 11.5 Å². The summed E-state index contributed by atoms with van der Waals surface area (Å²) in [7, 11) is 0. The molecule has 0 spiro atoms. The molecule has 150 valence electrons. The summed E-state index contributed by atoms with van der Waals surface area (Å²) in [5.41, 5.74) is 9.52. The van der Waals surface area contributed by atoms with Gasteiger partial charge in [-0.2, -0.15) is 5.10 Å². The van der Waals surface area contributed by atoms with Crippen LogP contribution in [0, 0.1) is 29.1 Å². The molecule has 28 heavy (non-hydrogen) atoms. The Labute approximate surface area is 169 Å². The minimum absolute atomic E-state index is 0.143. The first-order valence-corrected chi connectivity index (χ1v) is 10.7. The number of hydrogen-bond donors (Lipinski definition) is 1. The van der Waals surface area contributed by atoms with Crippen LogP contribution in [0.1, 0.15) is 72.4 Å². The number of fused-ring (bicyclic) bond motifs is 5. The van der Waals surface area contributed by atoms with Crippen LogP contribution in [0.5, 0.6) is 0 Å². The van der Waals surface area contributed by atoms with Gasteiger partial charge in [0.15, 0.2) is 0 Å². The molecule has 0 saturated heterocycles. The predicted molar refractivity (Wildman–Crippen MR) is 116 cm³/mol. The molecule has 0 amide bonds. The van der Waals surface area contributed by atoms with Gasteiger partial charge in [0.1, 0.15) is 5.78 Å². The van der Waals surface area contributed by atoms with Crippen LogP contribution in [0.2, 0.25) is 0 Å². The second-order valence-electron chi connectivity index (χ2n) is 11.1. The summed E-state index contributed by atoms with van der Waals surface area (Å²) in [6.45, 7) is 15.0. The lowest BCUT2D eigenvalue weighted by molar-refractivity contribution is -0.131. The summed E-state index contributed by atoms with van der Waals surface area (Å²) in [6.07, 6.45) is 2.16. The van der Waals surface area contributed by atoms with E-state index in [4.69, 9.17) is 0 Å². The van der Waals surface area contributed by atoms with Crippen LogP contribution in [0.4, 0.5) is 0 Å². The first kappa shape index (κ1) is 19.4. The third-order valence-corrected chi connectivity index (χ3v) is 7.00. The molecule has 2 fully saturated rings. The van der Waals surface area contributed by atoms with Crippen molar-refractivity contribution in [3.05, 3.63) is 41.0 Å². The van der Waals surface area contributed by atoms with Crippen molar-refractivity contribution in [1.82, 2.24) is 5.43 Å². The van der Waals surface area contributed by atoms with Crippen LogP contribution >= 0.6 is 0 Å². The zero-order valence-electron chi connectivity index (χ0n) is 18.4. The van der Waals surface area contributed by atoms with Gasteiger partial charge >= 0.3 is 0 Å². The molecule has 1 aliphatic heterocycles. The zero-order chi connectivity index (χ0) is 20.4. The number of hydrazone groups is 1. The molecule has 1 aromatic carbocycles. The van der Waals surface area contributed by atoms with E-state index in [1.165, 1.54) is 22.4 Å². The maximum atomic E-state index is 13.1. The first-order chi connectivity index (χ1) is 13.0. The highest BCUT2D eigenvalue weighted by Gasteiger charge is 2.55. The summed E-state index contributed by atoms with van der Waals surface area (Å²) in [5.74, 6) is 1.91. The smallest absolute Gasteiger partial charge is 0.141 e. The standard InChI is InChI=1S/C25H34N2O/c1-14-20-16-12-18(19(13-16)23(28)25(5,6)7)21(20)22(27-26-14)15-8-10-17(11-9-15)24(2,3)4/h8-11,16,18-20,27H,12-13H2,1-7H3. The van der Waals surface area contributed by atoms with Gasteiger partial charge in [-0.3, -0.25) is 10.2 Å². The van der Waals surface area contributed by atoms with Crippen LogP contribution in [-0.2, 0) is 10.2 Å². The Morgan fingerprint density at radius 1 is 1.04 bits per heavy atom. The quantitative estimate of drug-likeness (QED) is 0.732. The van der Waals surface area contributed by atoms with Crippen molar-refractivity contribution in [3.8, 4) is 0 Å². The van der Waals surface area contributed by atoms with E-state index in [-0.39, 0.29) is 16.7 Å². The Balaban J connectivity index is 1.74. The van der Waals surface area contributed by atoms with Crippen LogP contribution in [0.15, 0.2) is 34.9 Å². The number of carbonyl (C=O) groups excluding carboxylic acids is 1. The van der Waals surface area contributed by atoms with Gasteiger partial charge in [-0.05, 0) is 53.7 Å². The van der Waals surface area contributed by atoms with Crippen molar-refractivity contribution < 1.29 is 4.79 Å². The molecule has 2 aliphatic carbocycles. The largest absolute Gasteiger partial charge is 0.299 e. The van der Waals surface area contributed by atoms with Gasteiger partial charge in [0, 0.05) is 23.0 Å². The topological polar surface area (TPSA) is 41.5 Å². The molecule has 2 bridgehead atoms. The molecule has 4 atom stereocenters. The molecule has 3 nitrogen and oxygen atoms in total. The number of allylic oxidation sites excluding steroid dienone is 1. The lowest BCUT2D eigenvalue weighted by Crippen LogP contribution is -2.38. The van der Waals surface area contributed by atoms with Crippen LogP contribution in [0.25, 0.3) is 5.70 Å². The lowest BCUT2D eigenvalue weighted by atomic mass is 9.69. The average Bonchev–Trinajstić information content (AvgIpc) is 3.19. The zero-order valence-corrected chi connectivity index (χ0v) is 18.4. The van der Waals surface area contributed by atoms with Gasteiger partial charge in [-0.15, -0.1) is 0 Å². The Morgan fingerprint density at radius 2 is 1.68 bits per heavy atom. The molecular formula is C25H34N2O. The molecule has 3 aliphatic rings. The fourth-order valence-electron chi connectivity index (χ4n) is 5.58. The van der Waals surface area contributed by atoms with E-state index < -0.39 is 0 Å². The highest BCUT2D eigenvalue weighted by molar-refractivity contribution is 5.95. The summed E-state index contributed by atoms with van der Waals surface area (Å²) >= 11 is 0. The second-order valence-corrected chi connectivity index (χ2v) is 11.1. The number of carbonyl (C=O) groups is 1. The van der Waals surface area contributed by atoms with Crippen molar-refractivity contribution in [2.45, 2.75) is 66.7 Å². The Kier molecular flexibility index (Phi) is 4.37. The average molecular weight is 379 g/mol. The Hall–Kier alpha value is -1.90. The first-order valence-electron chi connectivity index (χ1n) is 10.7. The van der Waals surface area contributed by atoms with Crippen molar-refractivity contribution in [3.63, 3.8) is 0 Å². The number of ketones is 1. The highest BCUT2D eigenvalue weighted by atomic mass is 16.1. The minimum Gasteiger partial charge on any atom is -0.299 e. The molecule has 1 aromatic rings. The summed E-state index contributed by atoms with van der Waals surface area (Å²) in [4.78, 5) is 13.1. The normalized spacial score (nSPS) is 29.5. The van der Waals surface area contributed by atoms with E-state index in [9.17, 15) is 4.79 Å². The van der Waals surface area contributed by atoms with Gasteiger partial charge in [0.25, 0.3) is 0 Å². The Morgan fingerprint density at radius 3 is 2.25 bits per heavy atom. The molecule has 0 radical (unpaired) electrons. The maximum Gasteiger partial charge on any atom is 0.141 e. The van der Waals surface area contributed by atoms with Gasteiger partial charge in [0.05, 0.1) is 5.70 Å². The fourth-order valence-corrected chi connectivity index (χ4v) is 5.58. The van der Waals surface area contributed by atoms with E-state index in [1.54, 1.807) is 0 Å². The minimum atomic E-state index is -0.273. The predicted octanol–water partition coefficient (Wildman–Crippen LogP) is 5.56. The van der Waals surface area contributed by atoms with Gasteiger partial charge in [-0.1, -0.05) is 65.8 Å². The number of hydrogen-bond acceptors (Lipinski definition) is 3. The Bertz CT molecular complexity index is 861. The number of nitrogens with zero attached hydrogens (tertiary/aromatic N) is 1. The molecular weight excluding hydrogens is 344 g/mol. The number of nitrogens with one attached hydrogen (secondary N) is 1. The van der Waals surface area contributed by atoms with Crippen molar-refractivity contribution in [2.24, 2.45) is 34.2 Å². The monoisotopic (exact) mass is 378 g/mol. The molecule has 1 N–H and O–H groups in total. The van der Waals surface area contributed by atoms with E-state index in [1.807, 2.05) is 0 Å². The maximum absolute atomic E-state index is 13.1. The van der Waals surface area contributed by atoms with Gasteiger partial charge in [0.2, 0.25) is 0 Å². The molecule has 4 rings (SSSR count). The molecule has 2 saturated carbocycles. The summed E-state index contributed by atoms with van der Waals surface area (Å²) in [5, 5.41) is 4.66.